The topological polar surface area (TPSA) is 87.9 Å². The lowest BCUT2D eigenvalue weighted by molar-refractivity contribution is -0.145. The van der Waals surface area contributed by atoms with Crippen LogP contribution in [0.15, 0.2) is 42.5 Å². The van der Waals surface area contributed by atoms with Crippen LogP contribution in [0, 0.1) is 28.9 Å². The molecule has 0 saturated carbocycles. The maximum absolute atomic E-state index is 14.8. The molecule has 2 fully saturated rings. The van der Waals surface area contributed by atoms with Crippen LogP contribution < -0.4 is 0 Å². The summed E-state index contributed by atoms with van der Waals surface area (Å²) in [7, 11) is 0. The maximum atomic E-state index is 14.8. The van der Waals surface area contributed by atoms with Gasteiger partial charge in [0.15, 0.2) is 0 Å². The van der Waals surface area contributed by atoms with Gasteiger partial charge in [-0.2, -0.15) is 5.26 Å². The first-order valence-corrected chi connectivity index (χ1v) is 12.9. The molecule has 0 bridgehead atoms. The first kappa shape index (κ1) is 27.7. The first-order valence-electron chi connectivity index (χ1n) is 12.9. The van der Waals surface area contributed by atoms with Gasteiger partial charge in [0.05, 0.1) is 17.6 Å². The molecule has 2 saturated heterocycles. The Morgan fingerprint density at radius 1 is 1.05 bits per heavy atom. The number of nitriles is 1. The Labute approximate surface area is 222 Å². The molecular weight excluding hydrogens is 490 g/mol. The largest absolute Gasteiger partial charge is 0.480 e. The van der Waals surface area contributed by atoms with Crippen molar-refractivity contribution in [3.63, 3.8) is 0 Å². The maximum Gasteiger partial charge on any atom is 0.321 e. The number of piperazine rings is 1. The lowest BCUT2D eigenvalue weighted by Crippen LogP contribution is -2.56. The van der Waals surface area contributed by atoms with Crippen molar-refractivity contribution in [2.24, 2.45) is 5.92 Å². The molecule has 1 amide bonds. The van der Waals surface area contributed by atoms with E-state index >= 15 is 0 Å². The fourth-order valence-electron chi connectivity index (χ4n) is 5.52. The van der Waals surface area contributed by atoms with Crippen molar-refractivity contribution in [2.75, 3.05) is 39.3 Å². The number of benzene rings is 2. The zero-order valence-corrected chi connectivity index (χ0v) is 22.0. The van der Waals surface area contributed by atoms with Crippen molar-refractivity contribution in [2.45, 2.75) is 44.7 Å². The van der Waals surface area contributed by atoms with Crippen LogP contribution in [0.25, 0.3) is 0 Å². The van der Waals surface area contributed by atoms with Gasteiger partial charge in [0, 0.05) is 56.8 Å². The number of nitrogens with zero attached hydrogens (tertiary/aromatic N) is 4. The van der Waals surface area contributed by atoms with Gasteiger partial charge in [-0.1, -0.05) is 18.2 Å². The van der Waals surface area contributed by atoms with E-state index in [2.05, 4.69) is 31.7 Å². The Morgan fingerprint density at radius 3 is 2.26 bits per heavy atom. The van der Waals surface area contributed by atoms with Gasteiger partial charge in [-0.05, 0) is 56.5 Å². The summed E-state index contributed by atoms with van der Waals surface area (Å²) in [5.41, 5.74) is 1.47. The molecule has 0 aliphatic carbocycles. The van der Waals surface area contributed by atoms with Crippen LogP contribution in [-0.4, -0.2) is 82.5 Å². The van der Waals surface area contributed by atoms with Gasteiger partial charge in [0.2, 0.25) is 5.91 Å². The van der Waals surface area contributed by atoms with Crippen LogP contribution in [-0.2, 0) is 16.0 Å². The predicted octanol–water partition coefficient (Wildman–Crippen LogP) is 3.49. The van der Waals surface area contributed by atoms with Crippen molar-refractivity contribution in [3.05, 3.63) is 70.8 Å². The van der Waals surface area contributed by atoms with Gasteiger partial charge in [0.1, 0.15) is 17.7 Å². The second-order valence-corrected chi connectivity index (χ2v) is 11.2. The van der Waals surface area contributed by atoms with Gasteiger partial charge < -0.3 is 10.0 Å². The first-order chi connectivity index (χ1) is 18.0. The fraction of sp³-hybridized carbons (Fsp3) is 0.483. The summed E-state index contributed by atoms with van der Waals surface area (Å²) in [5, 5.41) is 18.9. The Hall–Kier alpha value is -3.35. The molecule has 2 aromatic rings. The van der Waals surface area contributed by atoms with Gasteiger partial charge in [-0.15, -0.1) is 0 Å². The average molecular weight is 525 g/mol. The van der Waals surface area contributed by atoms with Gasteiger partial charge in [-0.25, -0.2) is 8.78 Å². The van der Waals surface area contributed by atoms with Crippen LogP contribution in [0.5, 0.6) is 0 Å². The summed E-state index contributed by atoms with van der Waals surface area (Å²) >= 11 is 0. The van der Waals surface area contributed by atoms with E-state index in [0.717, 1.165) is 11.6 Å². The third-order valence-corrected chi connectivity index (χ3v) is 7.81. The van der Waals surface area contributed by atoms with E-state index in [1.807, 2.05) is 4.90 Å². The molecule has 2 heterocycles. The highest BCUT2D eigenvalue weighted by atomic mass is 19.1. The fourth-order valence-corrected chi connectivity index (χ4v) is 5.52. The highest BCUT2D eigenvalue weighted by Gasteiger charge is 2.45. The number of aliphatic carboxylic acids is 1. The molecule has 2 aliphatic heterocycles. The van der Waals surface area contributed by atoms with E-state index in [0.29, 0.717) is 56.8 Å². The Balaban J connectivity index is 1.46. The van der Waals surface area contributed by atoms with Crippen molar-refractivity contribution in [3.8, 4) is 6.07 Å². The number of carbonyl (C=O) groups is 2. The summed E-state index contributed by atoms with van der Waals surface area (Å²) in [6, 6.07) is 11.7. The Bertz CT molecular complexity index is 1210. The Kier molecular flexibility index (Phi) is 8.14. The predicted molar refractivity (Wildman–Crippen MR) is 138 cm³/mol. The van der Waals surface area contributed by atoms with Gasteiger partial charge >= 0.3 is 5.97 Å². The number of hydrogen-bond donors (Lipinski definition) is 1. The van der Waals surface area contributed by atoms with Crippen LogP contribution in [0.4, 0.5) is 8.78 Å². The number of amides is 1. The number of carboxylic acid groups (broad SMARTS) is 1. The van der Waals surface area contributed by atoms with Crippen molar-refractivity contribution in [1.29, 1.82) is 5.26 Å². The second kappa shape index (κ2) is 11.2. The number of carbonyl (C=O) groups excluding carboxylic acids is 1. The van der Waals surface area contributed by atoms with Crippen molar-refractivity contribution in [1.82, 2.24) is 14.7 Å². The minimum atomic E-state index is -0.933. The third-order valence-electron chi connectivity index (χ3n) is 7.81. The molecule has 7 nitrogen and oxygen atoms in total. The number of halogens is 2. The molecule has 2 aromatic carbocycles. The monoisotopic (exact) mass is 524 g/mol. The van der Waals surface area contributed by atoms with E-state index in [1.54, 1.807) is 29.2 Å². The molecule has 9 heteroatoms. The Morgan fingerprint density at radius 2 is 1.71 bits per heavy atom. The van der Waals surface area contributed by atoms with Gasteiger partial charge in [-0.3, -0.25) is 19.4 Å². The average Bonchev–Trinajstić information content (AvgIpc) is 3.33. The molecule has 3 atom stereocenters. The molecule has 0 unspecified atom stereocenters. The highest BCUT2D eigenvalue weighted by Crippen LogP contribution is 2.38. The molecule has 2 aliphatic rings. The molecular formula is C29H34F2N4O3. The lowest BCUT2D eigenvalue weighted by atomic mass is 9.87. The van der Waals surface area contributed by atoms with Crippen LogP contribution in [0.3, 0.4) is 0 Å². The van der Waals surface area contributed by atoms with E-state index in [4.69, 9.17) is 5.26 Å². The van der Waals surface area contributed by atoms with E-state index in [-0.39, 0.29) is 11.4 Å². The van der Waals surface area contributed by atoms with Crippen LogP contribution >= 0.6 is 0 Å². The number of rotatable bonds is 6. The van der Waals surface area contributed by atoms with Gasteiger partial charge in [0.25, 0.3) is 0 Å². The number of hydrogen-bond acceptors (Lipinski definition) is 5. The molecule has 38 heavy (non-hydrogen) atoms. The standard InChI is InChI=1S/C29H34F2N4O3/c1-29(2,3)35-17-23(22-9-8-21(30)15-25(22)31)24(18-35)27(36)34-12-10-33(11-13-34)26(28(37)38)14-19-4-6-20(16-32)7-5-19/h4-9,15,23-24,26H,10-14,17-18H2,1-3H3,(H,37,38)/t23-,24+,26-/m0/s1. The summed E-state index contributed by atoms with van der Waals surface area (Å²) in [6.07, 6.45) is 0.296. The smallest absolute Gasteiger partial charge is 0.321 e. The zero-order chi connectivity index (χ0) is 27.6. The van der Waals surface area contributed by atoms with Crippen molar-refractivity contribution >= 4 is 11.9 Å². The number of carboxylic acids is 1. The van der Waals surface area contributed by atoms with E-state index in [1.165, 1.54) is 12.1 Å². The normalized spacial score (nSPS) is 21.7. The third kappa shape index (κ3) is 6.03. The van der Waals surface area contributed by atoms with Crippen LogP contribution in [0.1, 0.15) is 43.4 Å². The molecule has 0 spiro atoms. The molecule has 4 rings (SSSR count). The zero-order valence-electron chi connectivity index (χ0n) is 22.0. The molecule has 0 aromatic heterocycles. The van der Waals surface area contributed by atoms with E-state index < -0.39 is 35.5 Å². The van der Waals surface area contributed by atoms with Crippen LogP contribution in [0.2, 0.25) is 0 Å². The molecule has 0 radical (unpaired) electrons. The number of likely N-dealkylation sites (tertiary alicyclic amines) is 1. The quantitative estimate of drug-likeness (QED) is 0.623. The summed E-state index contributed by atoms with van der Waals surface area (Å²) < 4.78 is 28.4. The summed E-state index contributed by atoms with van der Waals surface area (Å²) in [6.45, 7) is 8.69. The highest BCUT2D eigenvalue weighted by molar-refractivity contribution is 5.81. The van der Waals surface area contributed by atoms with E-state index in [9.17, 15) is 23.5 Å². The minimum Gasteiger partial charge on any atom is -0.480 e. The lowest BCUT2D eigenvalue weighted by Gasteiger charge is -2.39. The molecule has 1 N–H and O–H groups in total. The molecule has 202 valence electrons. The van der Waals surface area contributed by atoms with Crippen molar-refractivity contribution < 1.29 is 23.5 Å². The SMILES string of the molecule is CC(C)(C)N1C[C@@H](C(=O)N2CCN([C@@H](Cc3ccc(C#N)cc3)C(=O)O)CC2)[C@H](c2ccc(F)cc2F)C1. The summed E-state index contributed by atoms with van der Waals surface area (Å²) in [4.78, 5) is 31.6. The second-order valence-electron chi connectivity index (χ2n) is 11.2. The summed E-state index contributed by atoms with van der Waals surface area (Å²) in [5.74, 6) is -3.18. The minimum absolute atomic E-state index is 0.0795.